The van der Waals surface area contributed by atoms with E-state index in [9.17, 15) is 4.39 Å². The van der Waals surface area contributed by atoms with Gasteiger partial charge in [-0.1, -0.05) is 12.1 Å². The standard InChI is InChI=1S/C11H15FN2/c12-10-4-1-3-9(7-10)11-8-13-5-2-6-14-11/h1,3-4,7,11,13-14H,2,5-6,8H2/t11-/m0/s1. The quantitative estimate of drug-likeness (QED) is 0.707. The molecule has 0 spiro atoms. The molecule has 1 aromatic rings. The second-order valence-corrected chi connectivity index (χ2v) is 3.62. The highest BCUT2D eigenvalue weighted by Crippen LogP contribution is 2.14. The lowest BCUT2D eigenvalue weighted by Crippen LogP contribution is -2.27. The van der Waals surface area contributed by atoms with E-state index in [2.05, 4.69) is 10.6 Å². The molecule has 2 N–H and O–H groups in total. The summed E-state index contributed by atoms with van der Waals surface area (Å²) in [6, 6.07) is 7.05. The van der Waals surface area contributed by atoms with Crippen LogP contribution < -0.4 is 10.6 Å². The van der Waals surface area contributed by atoms with E-state index in [1.165, 1.54) is 6.07 Å². The summed E-state index contributed by atoms with van der Waals surface area (Å²) in [5.41, 5.74) is 1.03. The van der Waals surface area contributed by atoms with Crippen molar-refractivity contribution in [3.8, 4) is 0 Å². The van der Waals surface area contributed by atoms with E-state index in [0.717, 1.165) is 31.6 Å². The minimum Gasteiger partial charge on any atom is -0.315 e. The van der Waals surface area contributed by atoms with Crippen LogP contribution in [-0.4, -0.2) is 19.6 Å². The first kappa shape index (κ1) is 9.62. The highest BCUT2D eigenvalue weighted by molar-refractivity contribution is 5.20. The minimum atomic E-state index is -0.159. The minimum absolute atomic E-state index is 0.159. The average molecular weight is 194 g/mol. The first-order valence-electron chi connectivity index (χ1n) is 5.06. The lowest BCUT2D eigenvalue weighted by Gasteiger charge is -2.15. The molecule has 1 aliphatic rings. The van der Waals surface area contributed by atoms with Gasteiger partial charge in [0.1, 0.15) is 5.82 Å². The van der Waals surface area contributed by atoms with Gasteiger partial charge in [-0.25, -0.2) is 4.39 Å². The van der Waals surface area contributed by atoms with Gasteiger partial charge in [-0.05, 0) is 37.2 Å². The van der Waals surface area contributed by atoms with Crippen molar-refractivity contribution in [2.45, 2.75) is 12.5 Å². The van der Waals surface area contributed by atoms with Crippen molar-refractivity contribution in [3.63, 3.8) is 0 Å². The van der Waals surface area contributed by atoms with Gasteiger partial charge in [0.2, 0.25) is 0 Å². The van der Waals surface area contributed by atoms with Gasteiger partial charge < -0.3 is 10.6 Å². The third-order valence-electron chi connectivity index (χ3n) is 2.52. The number of nitrogens with one attached hydrogen (secondary N) is 2. The molecular weight excluding hydrogens is 179 g/mol. The molecule has 2 rings (SSSR count). The molecule has 1 fully saturated rings. The number of halogens is 1. The maximum atomic E-state index is 13.0. The molecule has 1 aliphatic heterocycles. The van der Waals surface area contributed by atoms with Crippen LogP contribution in [0, 0.1) is 5.82 Å². The van der Waals surface area contributed by atoms with Crippen molar-refractivity contribution < 1.29 is 4.39 Å². The topological polar surface area (TPSA) is 24.1 Å². The molecule has 0 radical (unpaired) electrons. The Morgan fingerprint density at radius 3 is 3.07 bits per heavy atom. The molecule has 0 amide bonds. The van der Waals surface area contributed by atoms with Crippen molar-refractivity contribution in [2.75, 3.05) is 19.6 Å². The molecule has 14 heavy (non-hydrogen) atoms. The highest BCUT2D eigenvalue weighted by Gasteiger charge is 2.12. The fourth-order valence-electron chi connectivity index (χ4n) is 1.77. The molecule has 0 bridgehead atoms. The molecule has 0 saturated carbocycles. The summed E-state index contributed by atoms with van der Waals surface area (Å²) in [6.45, 7) is 2.91. The fraction of sp³-hybridized carbons (Fsp3) is 0.455. The van der Waals surface area contributed by atoms with Gasteiger partial charge in [0.15, 0.2) is 0 Å². The van der Waals surface area contributed by atoms with Gasteiger partial charge >= 0.3 is 0 Å². The first-order chi connectivity index (χ1) is 6.86. The second-order valence-electron chi connectivity index (χ2n) is 3.62. The molecule has 0 unspecified atom stereocenters. The first-order valence-corrected chi connectivity index (χ1v) is 5.06. The maximum absolute atomic E-state index is 13.0. The van der Waals surface area contributed by atoms with Crippen LogP contribution in [0.5, 0.6) is 0 Å². The Balaban J connectivity index is 2.12. The monoisotopic (exact) mass is 194 g/mol. The smallest absolute Gasteiger partial charge is 0.123 e. The number of hydrogen-bond acceptors (Lipinski definition) is 2. The molecule has 1 atom stereocenters. The predicted molar refractivity (Wildman–Crippen MR) is 54.6 cm³/mol. The molecule has 1 aromatic carbocycles. The molecule has 76 valence electrons. The van der Waals surface area contributed by atoms with Crippen LogP contribution in [0.25, 0.3) is 0 Å². The molecule has 3 heteroatoms. The van der Waals surface area contributed by atoms with Crippen molar-refractivity contribution in [3.05, 3.63) is 35.6 Å². The maximum Gasteiger partial charge on any atom is 0.123 e. The van der Waals surface area contributed by atoms with Crippen molar-refractivity contribution in [2.24, 2.45) is 0 Å². The number of benzene rings is 1. The molecule has 1 saturated heterocycles. The number of rotatable bonds is 1. The van der Waals surface area contributed by atoms with E-state index < -0.39 is 0 Å². The van der Waals surface area contributed by atoms with Gasteiger partial charge in [0.25, 0.3) is 0 Å². The van der Waals surface area contributed by atoms with Crippen LogP contribution in [0.4, 0.5) is 4.39 Å². The zero-order valence-electron chi connectivity index (χ0n) is 8.09. The Labute approximate surface area is 83.5 Å². The summed E-state index contributed by atoms with van der Waals surface area (Å²) in [5.74, 6) is -0.159. The van der Waals surface area contributed by atoms with E-state index in [-0.39, 0.29) is 11.9 Å². The van der Waals surface area contributed by atoms with Crippen LogP contribution in [0.15, 0.2) is 24.3 Å². The largest absolute Gasteiger partial charge is 0.315 e. The van der Waals surface area contributed by atoms with Gasteiger partial charge in [-0.15, -0.1) is 0 Å². The third kappa shape index (κ3) is 2.30. The average Bonchev–Trinajstić information content (AvgIpc) is 2.45. The van der Waals surface area contributed by atoms with Crippen LogP contribution in [-0.2, 0) is 0 Å². The zero-order valence-corrected chi connectivity index (χ0v) is 8.09. The van der Waals surface area contributed by atoms with Gasteiger partial charge in [0, 0.05) is 12.6 Å². The summed E-state index contributed by atoms with van der Waals surface area (Å²) < 4.78 is 13.0. The van der Waals surface area contributed by atoms with Crippen LogP contribution in [0.3, 0.4) is 0 Å². The van der Waals surface area contributed by atoms with Gasteiger partial charge in [-0.3, -0.25) is 0 Å². The summed E-state index contributed by atoms with van der Waals surface area (Å²) >= 11 is 0. The normalized spacial score (nSPS) is 23.1. The van der Waals surface area contributed by atoms with E-state index >= 15 is 0 Å². The lowest BCUT2D eigenvalue weighted by atomic mass is 10.1. The SMILES string of the molecule is Fc1cccc([C@@H]2CNCCCN2)c1. The van der Waals surface area contributed by atoms with Crippen LogP contribution in [0.2, 0.25) is 0 Å². The highest BCUT2D eigenvalue weighted by atomic mass is 19.1. The summed E-state index contributed by atoms with van der Waals surface area (Å²) in [5, 5.41) is 6.73. The Morgan fingerprint density at radius 1 is 1.29 bits per heavy atom. The van der Waals surface area contributed by atoms with Crippen LogP contribution >= 0.6 is 0 Å². The molecule has 0 aliphatic carbocycles. The van der Waals surface area contributed by atoms with Crippen LogP contribution in [0.1, 0.15) is 18.0 Å². The fourth-order valence-corrected chi connectivity index (χ4v) is 1.77. The Morgan fingerprint density at radius 2 is 2.21 bits per heavy atom. The zero-order chi connectivity index (χ0) is 9.80. The predicted octanol–water partition coefficient (Wildman–Crippen LogP) is 1.45. The van der Waals surface area contributed by atoms with E-state index in [1.54, 1.807) is 12.1 Å². The Kier molecular flexibility index (Phi) is 3.11. The second kappa shape index (κ2) is 4.53. The van der Waals surface area contributed by atoms with Crippen molar-refractivity contribution >= 4 is 0 Å². The van der Waals surface area contributed by atoms with Gasteiger partial charge in [-0.2, -0.15) is 0 Å². The number of hydrogen-bond donors (Lipinski definition) is 2. The third-order valence-corrected chi connectivity index (χ3v) is 2.52. The van der Waals surface area contributed by atoms with Gasteiger partial charge in [0.05, 0.1) is 0 Å². The lowest BCUT2D eigenvalue weighted by molar-refractivity contribution is 0.545. The molecule has 2 nitrogen and oxygen atoms in total. The Bertz CT molecular complexity index is 293. The summed E-state index contributed by atoms with van der Waals surface area (Å²) in [7, 11) is 0. The molecule has 0 aromatic heterocycles. The molecule has 1 heterocycles. The summed E-state index contributed by atoms with van der Waals surface area (Å²) in [6.07, 6.45) is 1.13. The van der Waals surface area contributed by atoms with E-state index in [0.29, 0.717) is 0 Å². The molecular formula is C11H15FN2. The van der Waals surface area contributed by atoms with Crippen molar-refractivity contribution in [1.29, 1.82) is 0 Å². The van der Waals surface area contributed by atoms with E-state index in [1.807, 2.05) is 6.07 Å². The van der Waals surface area contributed by atoms with Crippen molar-refractivity contribution in [1.82, 2.24) is 10.6 Å². The Hall–Kier alpha value is -0.930. The van der Waals surface area contributed by atoms with E-state index in [4.69, 9.17) is 0 Å². The summed E-state index contributed by atoms with van der Waals surface area (Å²) in [4.78, 5) is 0.